The summed E-state index contributed by atoms with van der Waals surface area (Å²) in [6.07, 6.45) is 54.2. The van der Waals surface area contributed by atoms with Gasteiger partial charge in [0.2, 0.25) is 0 Å². The molecular formula is C73H142O17P2. The van der Waals surface area contributed by atoms with Crippen LogP contribution in [-0.2, 0) is 65.4 Å². The summed E-state index contributed by atoms with van der Waals surface area (Å²) in [4.78, 5) is 72.5. The van der Waals surface area contributed by atoms with Crippen LogP contribution in [-0.4, -0.2) is 96.7 Å². The number of rotatable bonds is 73. The number of phosphoric ester groups is 2. The van der Waals surface area contributed by atoms with Gasteiger partial charge in [-0.25, -0.2) is 9.13 Å². The van der Waals surface area contributed by atoms with Crippen LogP contribution in [0.5, 0.6) is 0 Å². The third kappa shape index (κ3) is 66.7. The summed E-state index contributed by atoms with van der Waals surface area (Å²) >= 11 is 0. The first-order chi connectivity index (χ1) is 44.5. The molecule has 0 saturated carbocycles. The summed E-state index contributed by atoms with van der Waals surface area (Å²) in [5, 5.41) is 10.6. The van der Waals surface area contributed by atoms with Gasteiger partial charge in [-0.05, 0) is 31.6 Å². The number of hydrogen-bond acceptors (Lipinski definition) is 15. The second-order valence-corrected chi connectivity index (χ2v) is 29.7. The van der Waals surface area contributed by atoms with E-state index in [1.807, 2.05) is 0 Å². The standard InChI is InChI=1S/C73H142O17P2/c1-6-9-12-15-18-20-22-24-25-26-27-28-29-35-39-44-49-54-59-73(78)90-69(63-84-71(76)57-52-47-42-37-34-31-30-32-36-41-45-50-55-66(4)5)65-88-92(81,82)86-61-67(74)60-85-91(79,80)87-64-68(62-83-70(75)56-51-46-40-17-14-11-8-3)89-72(77)58-53-48-43-38-33-23-21-19-16-13-10-7-2/h66-69,74H,6-65H2,1-5H3,(H,79,80)(H,81,82)/t67-,68+,69+/m0/s1. The Hall–Kier alpha value is -1.94. The highest BCUT2D eigenvalue weighted by Gasteiger charge is 2.30. The van der Waals surface area contributed by atoms with Gasteiger partial charge in [-0.15, -0.1) is 0 Å². The van der Waals surface area contributed by atoms with E-state index in [1.54, 1.807) is 0 Å². The third-order valence-corrected chi connectivity index (χ3v) is 18.9. The molecule has 0 bridgehead atoms. The first-order valence-electron chi connectivity index (χ1n) is 38.1. The minimum absolute atomic E-state index is 0.107. The lowest BCUT2D eigenvalue weighted by atomic mass is 10.0. The van der Waals surface area contributed by atoms with E-state index in [2.05, 4.69) is 34.6 Å². The Morgan fingerprint density at radius 1 is 0.293 bits per heavy atom. The highest BCUT2D eigenvalue weighted by Crippen LogP contribution is 2.45. The maximum Gasteiger partial charge on any atom is 0.472 e. The van der Waals surface area contributed by atoms with Gasteiger partial charge in [-0.2, -0.15) is 0 Å². The van der Waals surface area contributed by atoms with Crippen LogP contribution < -0.4 is 0 Å². The van der Waals surface area contributed by atoms with E-state index in [0.717, 1.165) is 109 Å². The lowest BCUT2D eigenvalue weighted by molar-refractivity contribution is -0.161. The second kappa shape index (κ2) is 66.3. The average Bonchev–Trinajstić information content (AvgIpc) is 3.14. The van der Waals surface area contributed by atoms with Crippen molar-refractivity contribution in [3.05, 3.63) is 0 Å². The monoisotopic (exact) mass is 1350 g/mol. The largest absolute Gasteiger partial charge is 0.472 e. The van der Waals surface area contributed by atoms with Crippen molar-refractivity contribution in [2.75, 3.05) is 39.6 Å². The fraction of sp³-hybridized carbons (Fsp3) is 0.945. The molecule has 17 nitrogen and oxygen atoms in total. The molecule has 0 amide bonds. The van der Waals surface area contributed by atoms with Gasteiger partial charge in [-0.1, -0.05) is 330 Å². The van der Waals surface area contributed by atoms with Gasteiger partial charge in [0.15, 0.2) is 12.2 Å². The van der Waals surface area contributed by atoms with Gasteiger partial charge in [-0.3, -0.25) is 37.3 Å². The van der Waals surface area contributed by atoms with E-state index in [-0.39, 0.29) is 25.7 Å². The Morgan fingerprint density at radius 2 is 0.500 bits per heavy atom. The molecule has 92 heavy (non-hydrogen) atoms. The molecule has 2 unspecified atom stereocenters. The maximum atomic E-state index is 13.1. The van der Waals surface area contributed by atoms with Crippen LogP contribution in [0.4, 0.5) is 0 Å². The van der Waals surface area contributed by atoms with Gasteiger partial charge < -0.3 is 33.8 Å². The smallest absolute Gasteiger partial charge is 0.462 e. The molecule has 0 aliphatic rings. The molecule has 0 aliphatic heterocycles. The molecule has 0 rings (SSSR count). The van der Waals surface area contributed by atoms with Crippen molar-refractivity contribution in [1.29, 1.82) is 0 Å². The maximum absolute atomic E-state index is 13.1. The number of aliphatic hydroxyl groups excluding tert-OH is 1. The Morgan fingerprint density at radius 3 is 0.739 bits per heavy atom. The average molecular weight is 1350 g/mol. The predicted octanol–water partition coefficient (Wildman–Crippen LogP) is 21.3. The van der Waals surface area contributed by atoms with Crippen LogP contribution in [0.15, 0.2) is 0 Å². The van der Waals surface area contributed by atoms with Crippen LogP contribution in [0.1, 0.15) is 381 Å². The van der Waals surface area contributed by atoms with Crippen LogP contribution in [0, 0.1) is 5.92 Å². The number of carbonyl (C=O) groups excluding carboxylic acids is 4. The van der Waals surface area contributed by atoms with Crippen molar-refractivity contribution < 1.29 is 80.2 Å². The van der Waals surface area contributed by atoms with Crippen LogP contribution in [0.3, 0.4) is 0 Å². The third-order valence-electron chi connectivity index (χ3n) is 17.0. The highest BCUT2D eigenvalue weighted by molar-refractivity contribution is 7.47. The fourth-order valence-electron chi connectivity index (χ4n) is 11.2. The Kier molecular flexibility index (Phi) is 64.9. The van der Waals surface area contributed by atoms with Crippen molar-refractivity contribution in [2.45, 2.75) is 400 Å². The summed E-state index contributed by atoms with van der Waals surface area (Å²) in [6, 6.07) is 0. The van der Waals surface area contributed by atoms with Crippen LogP contribution in [0.25, 0.3) is 0 Å². The van der Waals surface area contributed by atoms with Gasteiger partial charge in [0, 0.05) is 25.7 Å². The molecule has 5 atom stereocenters. The van der Waals surface area contributed by atoms with E-state index >= 15 is 0 Å². The Bertz CT molecular complexity index is 1770. The molecule has 0 fully saturated rings. The van der Waals surface area contributed by atoms with Gasteiger partial charge in [0.1, 0.15) is 19.3 Å². The van der Waals surface area contributed by atoms with Crippen molar-refractivity contribution in [2.24, 2.45) is 5.92 Å². The van der Waals surface area contributed by atoms with Crippen LogP contribution in [0.2, 0.25) is 0 Å². The molecule has 3 N–H and O–H groups in total. The molecule has 19 heteroatoms. The van der Waals surface area contributed by atoms with E-state index in [1.165, 1.54) is 193 Å². The number of phosphoric acid groups is 2. The summed E-state index contributed by atoms with van der Waals surface area (Å²) < 4.78 is 68.3. The molecule has 546 valence electrons. The van der Waals surface area contributed by atoms with E-state index in [9.17, 15) is 43.2 Å². The van der Waals surface area contributed by atoms with Crippen molar-refractivity contribution in [3.8, 4) is 0 Å². The number of esters is 4. The lowest BCUT2D eigenvalue weighted by Crippen LogP contribution is -2.30. The summed E-state index contributed by atoms with van der Waals surface area (Å²) in [5.74, 6) is -1.34. The number of carbonyl (C=O) groups is 4. The zero-order valence-corrected chi connectivity index (χ0v) is 61.5. The number of hydrogen-bond donors (Lipinski definition) is 3. The van der Waals surface area contributed by atoms with E-state index in [0.29, 0.717) is 25.7 Å². The van der Waals surface area contributed by atoms with Gasteiger partial charge in [0.25, 0.3) is 0 Å². The van der Waals surface area contributed by atoms with Crippen molar-refractivity contribution >= 4 is 39.5 Å². The summed E-state index contributed by atoms with van der Waals surface area (Å²) in [5.41, 5.74) is 0. The second-order valence-electron chi connectivity index (χ2n) is 26.8. The summed E-state index contributed by atoms with van der Waals surface area (Å²) in [7, 11) is -9.90. The molecule has 0 aromatic carbocycles. The van der Waals surface area contributed by atoms with Crippen LogP contribution >= 0.6 is 15.6 Å². The van der Waals surface area contributed by atoms with Crippen molar-refractivity contribution in [1.82, 2.24) is 0 Å². The van der Waals surface area contributed by atoms with Gasteiger partial charge in [0.05, 0.1) is 26.4 Å². The quantitative estimate of drug-likeness (QED) is 0.0222. The molecule has 0 aromatic rings. The molecule has 0 aliphatic carbocycles. The lowest BCUT2D eigenvalue weighted by Gasteiger charge is -2.21. The highest BCUT2D eigenvalue weighted by atomic mass is 31.2. The van der Waals surface area contributed by atoms with Gasteiger partial charge >= 0.3 is 39.5 Å². The van der Waals surface area contributed by atoms with Crippen molar-refractivity contribution in [3.63, 3.8) is 0 Å². The predicted molar refractivity (Wildman–Crippen MR) is 372 cm³/mol. The normalized spacial score (nSPS) is 14.0. The van der Waals surface area contributed by atoms with E-state index in [4.69, 9.17) is 37.0 Å². The molecule has 0 aromatic heterocycles. The molecule has 0 spiro atoms. The van der Waals surface area contributed by atoms with E-state index < -0.39 is 97.5 Å². The Balaban J connectivity index is 5.19. The molecule has 0 saturated heterocycles. The zero-order valence-electron chi connectivity index (χ0n) is 59.7. The molecular weight excluding hydrogens is 1210 g/mol. The summed E-state index contributed by atoms with van der Waals surface area (Å²) in [6.45, 7) is 7.25. The first kappa shape index (κ1) is 90.1. The zero-order chi connectivity index (χ0) is 67.7. The first-order valence-corrected chi connectivity index (χ1v) is 41.1. The number of aliphatic hydroxyl groups is 1. The number of unbranched alkanes of at least 4 members (excludes halogenated alkanes) is 45. The molecule has 0 radical (unpaired) electrons. The Labute approximate surface area is 562 Å². The topological polar surface area (TPSA) is 237 Å². The molecule has 0 heterocycles. The SMILES string of the molecule is CCCCCCCCCCCCCCCCCCCCC(=O)O[C@H](COC(=O)CCCCCCCCCCCCCCC(C)C)COP(=O)(O)OC[C@@H](O)COP(=O)(O)OC[C@@H](COC(=O)CCCCCCCCC)OC(=O)CCCCCCCCCCCCCC. The minimum Gasteiger partial charge on any atom is -0.462 e. The minimum atomic E-state index is -4.95. The fourth-order valence-corrected chi connectivity index (χ4v) is 12.8. The number of ether oxygens (including phenoxy) is 4.